The maximum absolute atomic E-state index is 12.1. The van der Waals surface area contributed by atoms with E-state index in [9.17, 15) is 14.4 Å². The Bertz CT molecular complexity index is 976. The van der Waals surface area contributed by atoms with E-state index in [1.165, 1.54) is 17.6 Å². The predicted octanol–water partition coefficient (Wildman–Crippen LogP) is 4.18. The highest BCUT2D eigenvalue weighted by molar-refractivity contribution is 7.14. The van der Waals surface area contributed by atoms with Gasteiger partial charge < -0.3 is 15.1 Å². The highest BCUT2D eigenvalue weighted by Gasteiger charge is 2.12. The van der Waals surface area contributed by atoms with Crippen LogP contribution in [0.3, 0.4) is 0 Å². The molecule has 0 unspecified atom stereocenters. The first-order chi connectivity index (χ1) is 13.5. The normalized spacial score (nSPS) is 10.5. The number of nitrogens with one attached hydrogen (secondary N) is 2. The average Bonchev–Trinajstić information content (AvgIpc) is 3.36. The zero-order valence-electron chi connectivity index (χ0n) is 15.4. The summed E-state index contributed by atoms with van der Waals surface area (Å²) in [7, 11) is 0. The summed E-state index contributed by atoms with van der Waals surface area (Å²) in [6.45, 7) is 2.26. The topological polar surface area (TPSA) is 88.4 Å². The molecule has 0 atom stereocenters. The van der Waals surface area contributed by atoms with Crippen LogP contribution in [0.2, 0.25) is 0 Å². The van der Waals surface area contributed by atoms with Crippen molar-refractivity contribution in [3.05, 3.63) is 75.9 Å². The van der Waals surface area contributed by atoms with Gasteiger partial charge in [-0.1, -0.05) is 12.1 Å². The monoisotopic (exact) mass is 396 g/mol. The average molecular weight is 396 g/mol. The molecule has 1 aromatic carbocycles. The highest BCUT2D eigenvalue weighted by atomic mass is 32.1. The van der Waals surface area contributed by atoms with Gasteiger partial charge in [0.1, 0.15) is 0 Å². The first-order valence-corrected chi connectivity index (χ1v) is 9.63. The Labute approximate surface area is 166 Å². The van der Waals surface area contributed by atoms with E-state index in [0.717, 1.165) is 10.4 Å². The maximum Gasteiger partial charge on any atom is 0.291 e. The zero-order chi connectivity index (χ0) is 19.9. The molecule has 0 spiro atoms. The molecule has 2 N–H and O–H groups in total. The molecule has 2 aromatic heterocycles. The minimum atomic E-state index is -0.339. The van der Waals surface area contributed by atoms with E-state index in [0.29, 0.717) is 17.1 Å². The Hall–Kier alpha value is -3.19. The van der Waals surface area contributed by atoms with Crippen molar-refractivity contribution in [3.8, 4) is 0 Å². The van der Waals surface area contributed by atoms with E-state index in [1.54, 1.807) is 36.4 Å². The van der Waals surface area contributed by atoms with Crippen molar-refractivity contribution in [1.82, 2.24) is 5.32 Å². The number of hydrogen-bond donors (Lipinski definition) is 2. The summed E-state index contributed by atoms with van der Waals surface area (Å²) in [6, 6.07) is 14.1. The Balaban J connectivity index is 1.47. The highest BCUT2D eigenvalue weighted by Crippen LogP contribution is 2.17. The van der Waals surface area contributed by atoms with Crippen LogP contribution in [0.1, 0.15) is 43.5 Å². The summed E-state index contributed by atoms with van der Waals surface area (Å²) < 4.78 is 5.06. The lowest BCUT2D eigenvalue weighted by Crippen LogP contribution is -2.23. The number of carbonyl (C=O) groups is 3. The number of carbonyl (C=O) groups excluding carboxylic acids is 3. The second kappa shape index (κ2) is 9.14. The van der Waals surface area contributed by atoms with Gasteiger partial charge in [-0.05, 0) is 48.9 Å². The molecule has 0 saturated carbocycles. The number of furan rings is 1. The molecule has 2 amide bonds. The SMILES string of the molecule is Cc1ccc(C(=O)CCC(=O)NCc2cccc(NC(=O)c3ccco3)c2)s1. The molecule has 28 heavy (non-hydrogen) atoms. The van der Waals surface area contributed by atoms with Crippen LogP contribution in [0.5, 0.6) is 0 Å². The van der Waals surface area contributed by atoms with Gasteiger partial charge in [-0.2, -0.15) is 0 Å². The summed E-state index contributed by atoms with van der Waals surface area (Å²) in [6.07, 6.45) is 1.76. The van der Waals surface area contributed by atoms with Crippen molar-refractivity contribution in [2.45, 2.75) is 26.3 Å². The summed E-state index contributed by atoms with van der Waals surface area (Å²) >= 11 is 1.44. The minimum absolute atomic E-state index is 0.0177. The fourth-order valence-corrected chi connectivity index (χ4v) is 3.42. The quantitative estimate of drug-likeness (QED) is 0.559. The Morgan fingerprint density at radius 3 is 2.61 bits per heavy atom. The summed E-state index contributed by atoms with van der Waals surface area (Å²) in [4.78, 5) is 37.9. The van der Waals surface area contributed by atoms with Crippen molar-refractivity contribution in [3.63, 3.8) is 0 Å². The zero-order valence-corrected chi connectivity index (χ0v) is 16.2. The molecule has 0 radical (unpaired) electrons. The molecule has 144 valence electrons. The van der Waals surface area contributed by atoms with E-state index in [4.69, 9.17) is 4.42 Å². The molecular weight excluding hydrogens is 376 g/mol. The van der Waals surface area contributed by atoms with Crippen LogP contribution in [0.4, 0.5) is 5.69 Å². The summed E-state index contributed by atoms with van der Waals surface area (Å²) in [5.41, 5.74) is 1.45. The van der Waals surface area contributed by atoms with Crippen LogP contribution in [0.15, 0.2) is 59.2 Å². The molecule has 2 heterocycles. The molecule has 3 aromatic rings. The number of hydrogen-bond acceptors (Lipinski definition) is 5. The lowest BCUT2D eigenvalue weighted by atomic mass is 10.1. The first-order valence-electron chi connectivity index (χ1n) is 8.81. The van der Waals surface area contributed by atoms with Crippen LogP contribution in [-0.2, 0) is 11.3 Å². The number of benzene rings is 1. The van der Waals surface area contributed by atoms with Crippen LogP contribution in [-0.4, -0.2) is 17.6 Å². The van der Waals surface area contributed by atoms with Gasteiger partial charge in [0.15, 0.2) is 11.5 Å². The molecule has 0 aliphatic heterocycles. The minimum Gasteiger partial charge on any atom is -0.459 e. The summed E-state index contributed by atoms with van der Waals surface area (Å²) in [5.74, 6) is -0.319. The van der Waals surface area contributed by atoms with Crippen LogP contribution >= 0.6 is 11.3 Å². The van der Waals surface area contributed by atoms with Gasteiger partial charge in [-0.15, -0.1) is 11.3 Å². The number of amides is 2. The second-order valence-corrected chi connectivity index (χ2v) is 7.53. The van der Waals surface area contributed by atoms with E-state index in [1.807, 2.05) is 19.1 Å². The third-order valence-corrected chi connectivity index (χ3v) is 5.06. The van der Waals surface area contributed by atoms with Gasteiger partial charge in [0.05, 0.1) is 11.1 Å². The molecule has 0 aliphatic carbocycles. The van der Waals surface area contributed by atoms with Gasteiger partial charge in [0.2, 0.25) is 5.91 Å². The van der Waals surface area contributed by atoms with Gasteiger partial charge >= 0.3 is 0 Å². The van der Waals surface area contributed by atoms with Crippen molar-refractivity contribution in [2.24, 2.45) is 0 Å². The molecule has 6 nitrogen and oxygen atoms in total. The lowest BCUT2D eigenvalue weighted by molar-refractivity contribution is -0.121. The van der Waals surface area contributed by atoms with Gasteiger partial charge in [0.25, 0.3) is 5.91 Å². The van der Waals surface area contributed by atoms with Gasteiger partial charge in [-0.3, -0.25) is 14.4 Å². The van der Waals surface area contributed by atoms with Crippen molar-refractivity contribution >= 4 is 34.6 Å². The molecular formula is C21H20N2O4S. The molecule has 0 saturated heterocycles. The standard InChI is InChI=1S/C21H20N2O4S/c1-14-7-9-19(28-14)17(24)8-10-20(25)22-13-15-4-2-5-16(12-15)23-21(26)18-6-3-11-27-18/h2-7,9,11-12H,8,10,13H2,1H3,(H,22,25)(H,23,26). The van der Waals surface area contributed by atoms with Crippen molar-refractivity contribution in [1.29, 1.82) is 0 Å². The molecule has 0 bridgehead atoms. The largest absolute Gasteiger partial charge is 0.459 e. The number of rotatable bonds is 8. The fraction of sp³-hybridized carbons (Fsp3) is 0.190. The molecule has 7 heteroatoms. The number of thiophene rings is 1. The van der Waals surface area contributed by atoms with E-state index >= 15 is 0 Å². The Morgan fingerprint density at radius 2 is 1.89 bits per heavy atom. The third-order valence-electron chi connectivity index (χ3n) is 4.01. The van der Waals surface area contributed by atoms with E-state index < -0.39 is 0 Å². The number of Topliss-reactive ketones (excluding diaryl/α,β-unsaturated/α-hetero) is 1. The lowest BCUT2D eigenvalue weighted by Gasteiger charge is -2.08. The fourth-order valence-electron chi connectivity index (χ4n) is 2.58. The first kappa shape index (κ1) is 19.6. The van der Waals surface area contributed by atoms with Crippen LogP contribution in [0, 0.1) is 6.92 Å². The Morgan fingerprint density at radius 1 is 1.04 bits per heavy atom. The second-order valence-electron chi connectivity index (χ2n) is 6.24. The number of anilines is 1. The summed E-state index contributed by atoms with van der Waals surface area (Å²) in [5, 5.41) is 5.54. The van der Waals surface area contributed by atoms with Gasteiger partial charge in [-0.25, -0.2) is 0 Å². The number of ketones is 1. The van der Waals surface area contributed by atoms with E-state index in [-0.39, 0.29) is 36.2 Å². The molecule has 0 aliphatic rings. The van der Waals surface area contributed by atoms with Crippen molar-refractivity contribution in [2.75, 3.05) is 5.32 Å². The number of aryl methyl sites for hydroxylation is 1. The van der Waals surface area contributed by atoms with Gasteiger partial charge in [0, 0.05) is 30.0 Å². The maximum atomic E-state index is 12.1. The Kier molecular flexibility index (Phi) is 6.39. The molecule has 3 rings (SSSR count). The van der Waals surface area contributed by atoms with Crippen molar-refractivity contribution < 1.29 is 18.8 Å². The van der Waals surface area contributed by atoms with Crippen LogP contribution < -0.4 is 10.6 Å². The van der Waals surface area contributed by atoms with E-state index in [2.05, 4.69) is 10.6 Å². The third kappa shape index (κ3) is 5.40. The van der Waals surface area contributed by atoms with Crippen LogP contribution in [0.25, 0.3) is 0 Å². The predicted molar refractivity (Wildman–Crippen MR) is 108 cm³/mol. The molecule has 0 fully saturated rings. The smallest absolute Gasteiger partial charge is 0.291 e.